The van der Waals surface area contributed by atoms with Gasteiger partial charge in [-0.15, -0.1) is 12.1 Å². The molecule has 3 rings (SSSR count). The summed E-state index contributed by atoms with van der Waals surface area (Å²) in [5, 5.41) is 13.6. The van der Waals surface area contributed by atoms with Crippen LogP contribution in [-0.2, 0) is 14.3 Å². The normalized spacial score (nSPS) is 18.1. The molecule has 1 aliphatic carbocycles. The Hall–Kier alpha value is -3.12. The average molecular weight is 497 g/mol. The summed E-state index contributed by atoms with van der Waals surface area (Å²) in [5.41, 5.74) is 1.08. The second-order valence-electron chi connectivity index (χ2n) is 6.94. The zero-order valence-electron chi connectivity index (χ0n) is 18.8. The fourth-order valence-electron chi connectivity index (χ4n) is 2.86. The molecule has 3 N–H and O–H groups in total. The van der Waals surface area contributed by atoms with Crippen molar-refractivity contribution in [2.24, 2.45) is 11.8 Å². The molecule has 0 spiro atoms. The summed E-state index contributed by atoms with van der Waals surface area (Å²) in [6.07, 6.45) is 4.00. The van der Waals surface area contributed by atoms with Crippen molar-refractivity contribution < 1.29 is 51.9 Å². The number of amides is 2. The minimum atomic E-state index is -3.46. The van der Waals surface area contributed by atoms with Crippen LogP contribution in [0.1, 0.15) is 18.6 Å². The number of carboxylic acids is 1. The van der Waals surface area contributed by atoms with Gasteiger partial charge in [0.1, 0.15) is 17.9 Å². The van der Waals surface area contributed by atoms with Crippen molar-refractivity contribution in [1.29, 1.82) is 0 Å². The zero-order valence-corrected chi connectivity index (χ0v) is 19.6. The van der Waals surface area contributed by atoms with E-state index in [1.54, 1.807) is 19.1 Å². The molecule has 0 heterocycles. The van der Waals surface area contributed by atoms with Gasteiger partial charge in [0.15, 0.2) is 0 Å². The third-order valence-corrected chi connectivity index (χ3v) is 4.91. The molecule has 3 atom stereocenters. The number of carbonyl (C=O) groups is 3. The minimum absolute atomic E-state index is 0. The van der Waals surface area contributed by atoms with Crippen LogP contribution in [-0.4, -0.2) is 29.0 Å². The van der Waals surface area contributed by atoms with Gasteiger partial charge in [-0.3, -0.25) is 9.59 Å². The van der Waals surface area contributed by atoms with E-state index in [0.717, 1.165) is 5.56 Å². The van der Waals surface area contributed by atoms with Crippen LogP contribution >= 0.6 is 11.6 Å². The molecule has 0 unspecified atom stereocenters. The first-order valence-electron chi connectivity index (χ1n) is 9.80. The Morgan fingerprint density at radius 2 is 1.86 bits per heavy atom. The molecule has 11 heteroatoms. The number of carboxylic acid groups (broad SMARTS) is 1. The van der Waals surface area contributed by atoms with Gasteiger partial charge in [0.25, 0.3) is 5.92 Å². The Balaban J connectivity index is 0.000000340. The molecule has 1 saturated carbocycles. The van der Waals surface area contributed by atoms with E-state index in [1.807, 2.05) is 12.1 Å². The van der Waals surface area contributed by atoms with Crippen molar-refractivity contribution in [3.05, 3.63) is 90.1 Å². The molecule has 0 bridgehead atoms. The molecule has 2 aromatic rings. The second kappa shape index (κ2) is 13.7. The number of anilines is 1. The molecule has 1 aliphatic rings. The van der Waals surface area contributed by atoms with E-state index in [-0.39, 0.29) is 18.9 Å². The van der Waals surface area contributed by atoms with Crippen molar-refractivity contribution in [2.45, 2.75) is 19.0 Å². The summed E-state index contributed by atoms with van der Waals surface area (Å²) in [7, 11) is 0. The number of hydrogen-bond donors (Lipinski definition) is 3. The Kier molecular flexibility index (Phi) is 11.7. The van der Waals surface area contributed by atoms with E-state index < -0.39 is 41.8 Å². The van der Waals surface area contributed by atoms with Gasteiger partial charge in [-0.2, -0.15) is 18.2 Å². The van der Waals surface area contributed by atoms with Crippen LogP contribution in [0.3, 0.4) is 0 Å². The summed E-state index contributed by atoms with van der Waals surface area (Å²) in [4.78, 5) is 33.2. The third-order valence-electron chi connectivity index (χ3n) is 4.57. The standard InChI is InChI=1S/C13H12ClNO2.C11H8F2NO3.Li/c1-3-4-9-15-13(16)17-10(2)11-7-5-6-8-12(11)14;12-11(13)7(8(11)10(16)17)9(15)14-6-4-2-1-3-5-6;/h1,3-8,10H,2H3,(H,15,16);2-5,7-8H,(H,14,15)(H,16,17);/q-2;-1;+1/t10-;7-,8-;/m10./s1. The molecule has 180 valence electrons. The van der Waals surface area contributed by atoms with Gasteiger partial charge in [0.2, 0.25) is 5.91 Å². The summed E-state index contributed by atoms with van der Waals surface area (Å²) in [5.74, 6) is -9.80. The topological polar surface area (TPSA) is 105 Å². The molecule has 7 nitrogen and oxygen atoms in total. The molecule has 2 aromatic carbocycles. The number of allylic oxidation sites excluding steroid dienone is 2. The first-order valence-corrected chi connectivity index (χ1v) is 10.2. The number of hydrogen-bond acceptors (Lipinski definition) is 4. The maximum Gasteiger partial charge on any atom is 1.00 e. The monoisotopic (exact) mass is 496 g/mol. The Morgan fingerprint density at radius 3 is 2.40 bits per heavy atom. The summed E-state index contributed by atoms with van der Waals surface area (Å²) < 4.78 is 31.1. The number of nitrogens with one attached hydrogen (secondary N) is 2. The van der Waals surface area contributed by atoms with Crippen molar-refractivity contribution in [3.8, 4) is 0 Å². The first kappa shape index (κ1) is 29.9. The molecule has 0 radical (unpaired) electrons. The Labute approximate surface area is 218 Å². The summed E-state index contributed by atoms with van der Waals surface area (Å²) in [6, 6.07) is 15.9. The molecule has 0 aromatic heterocycles. The van der Waals surface area contributed by atoms with E-state index in [9.17, 15) is 23.2 Å². The average Bonchev–Trinajstić information content (AvgIpc) is 3.38. The van der Waals surface area contributed by atoms with E-state index in [4.69, 9.17) is 28.0 Å². The minimum Gasteiger partial charge on any atom is -0.499 e. The molecule has 2 amide bonds. The van der Waals surface area contributed by atoms with E-state index >= 15 is 0 Å². The molecule has 35 heavy (non-hydrogen) atoms. The van der Waals surface area contributed by atoms with Gasteiger partial charge in [-0.1, -0.05) is 35.5 Å². The number of aliphatic carboxylic acids is 1. The molecule has 0 aliphatic heterocycles. The smallest absolute Gasteiger partial charge is 0.499 e. The van der Waals surface area contributed by atoms with Crippen molar-refractivity contribution >= 4 is 35.3 Å². The Bertz CT molecular complexity index is 1070. The predicted molar refractivity (Wildman–Crippen MR) is 120 cm³/mol. The maximum atomic E-state index is 13.0. The van der Waals surface area contributed by atoms with Crippen LogP contribution in [0.2, 0.25) is 5.02 Å². The Morgan fingerprint density at radius 1 is 1.23 bits per heavy atom. The fraction of sp³-hybridized carbons (Fsp3) is 0.208. The number of ether oxygens (including phenoxy) is 1. The van der Waals surface area contributed by atoms with Crippen LogP contribution in [0.15, 0.2) is 60.7 Å². The fourth-order valence-corrected chi connectivity index (χ4v) is 3.15. The van der Waals surface area contributed by atoms with Gasteiger partial charge < -0.3 is 44.0 Å². The molecular weight excluding hydrogens is 477 g/mol. The van der Waals surface area contributed by atoms with Gasteiger partial charge in [-0.05, 0) is 13.0 Å². The van der Waals surface area contributed by atoms with Gasteiger partial charge in [-0.25, -0.2) is 15.0 Å². The van der Waals surface area contributed by atoms with Crippen molar-refractivity contribution in [2.75, 3.05) is 5.32 Å². The number of halogens is 3. The largest absolute Gasteiger partial charge is 1.00 e. The van der Waals surface area contributed by atoms with Gasteiger partial charge in [0, 0.05) is 10.6 Å². The van der Waals surface area contributed by atoms with Crippen LogP contribution < -0.4 is 29.5 Å². The predicted octanol–water partition coefficient (Wildman–Crippen LogP) is 1.83. The third kappa shape index (κ3) is 8.55. The van der Waals surface area contributed by atoms with Crippen molar-refractivity contribution in [3.63, 3.8) is 0 Å². The quantitative estimate of drug-likeness (QED) is 0.235. The summed E-state index contributed by atoms with van der Waals surface area (Å²) in [6.45, 7) is 6.81. The van der Waals surface area contributed by atoms with Crippen LogP contribution in [0, 0.1) is 30.7 Å². The van der Waals surface area contributed by atoms with Gasteiger partial charge >= 0.3 is 30.9 Å². The molecular formula is C24H20ClF2LiN2O5-2. The van der Waals surface area contributed by atoms with E-state index in [0.29, 0.717) is 10.7 Å². The van der Waals surface area contributed by atoms with E-state index in [1.165, 1.54) is 36.4 Å². The SMILES string of the molecule is O=C(O)[C@@H]1[C@@H](C(=O)Nc2cc[c-]cc2)C1(F)F.[CH-]=CC=[C-]NC(=O)O[C@H](C)c1ccccc1Cl.[Li+]. The van der Waals surface area contributed by atoms with Crippen molar-refractivity contribution in [1.82, 2.24) is 5.32 Å². The number of benzene rings is 2. The first-order chi connectivity index (χ1) is 16.1. The van der Waals surface area contributed by atoms with Crippen LogP contribution in [0.4, 0.5) is 19.3 Å². The summed E-state index contributed by atoms with van der Waals surface area (Å²) >= 11 is 5.97. The van der Waals surface area contributed by atoms with Crippen LogP contribution in [0.5, 0.6) is 0 Å². The number of alkyl carbamates (subject to hydrolysis) is 1. The van der Waals surface area contributed by atoms with Gasteiger partial charge in [0.05, 0.1) is 0 Å². The number of alkyl halides is 2. The number of rotatable bonds is 7. The van der Waals surface area contributed by atoms with E-state index in [2.05, 4.69) is 22.9 Å². The number of carbonyl (C=O) groups excluding carboxylic acids is 2. The molecule has 1 fully saturated rings. The second-order valence-corrected chi connectivity index (χ2v) is 7.35. The maximum absolute atomic E-state index is 13.0. The molecule has 0 saturated heterocycles. The van der Waals surface area contributed by atoms with Crippen LogP contribution in [0.25, 0.3) is 0 Å². The zero-order chi connectivity index (χ0) is 25.3.